The smallest absolute Gasteiger partial charge is 0.335 e. The van der Waals surface area contributed by atoms with Gasteiger partial charge in [0.25, 0.3) is 0 Å². The Balaban J connectivity index is 0.000000177. The number of allylic oxidation sites excluding steroid dienone is 2. The summed E-state index contributed by atoms with van der Waals surface area (Å²) in [7, 11) is 9.55. The second-order valence-electron chi connectivity index (χ2n) is 29.6. The molecule has 26 heteroatoms. The number of rotatable bonds is 27. The number of carbonyl (C=O) groups is 6. The van der Waals surface area contributed by atoms with Crippen LogP contribution >= 0.6 is 31.9 Å². The van der Waals surface area contributed by atoms with Crippen molar-refractivity contribution in [3.8, 4) is 40.2 Å². The van der Waals surface area contributed by atoms with E-state index < -0.39 is 12.3 Å². The van der Waals surface area contributed by atoms with Crippen LogP contribution in [0.15, 0.2) is 233 Å². The fourth-order valence-electron chi connectivity index (χ4n) is 13.8. The van der Waals surface area contributed by atoms with Crippen molar-refractivity contribution in [2.24, 2.45) is 0 Å². The van der Waals surface area contributed by atoms with Crippen LogP contribution in [-0.4, -0.2) is 170 Å². The maximum Gasteiger partial charge on any atom is 0.335 e. The van der Waals surface area contributed by atoms with Gasteiger partial charge in [0, 0.05) is 79.0 Å². The van der Waals surface area contributed by atoms with Crippen molar-refractivity contribution in [3.05, 3.63) is 317 Å². The molecule has 13 aromatic carbocycles. The van der Waals surface area contributed by atoms with Crippen LogP contribution in [0.4, 0.5) is 17.1 Å². The predicted molar refractivity (Wildman–Crippen MR) is 519 cm³/mol. The highest BCUT2D eigenvalue weighted by Crippen LogP contribution is 2.38. The molecule has 0 radical (unpaired) electrons. The molecule has 678 valence electrons. The Morgan fingerprint density at radius 2 is 0.769 bits per heavy atom. The van der Waals surface area contributed by atoms with Crippen LogP contribution < -0.4 is 44.4 Å². The number of aldehydes is 2. The fraction of sp³-hybridized carbons (Fsp3) is 0.231. The van der Waals surface area contributed by atoms with Crippen molar-refractivity contribution >= 4 is 140 Å². The van der Waals surface area contributed by atoms with E-state index in [2.05, 4.69) is 47.8 Å². The molecule has 0 bridgehead atoms. The van der Waals surface area contributed by atoms with Gasteiger partial charge in [0.05, 0.1) is 100 Å². The number of halogens is 2. The zero-order valence-corrected chi connectivity index (χ0v) is 77.6. The number of ether oxygens (including phenoxy) is 10. The summed E-state index contributed by atoms with van der Waals surface area (Å²) in [5, 5.41) is 62.1. The minimum Gasteiger partial charge on any atom is -0.508 e. The molecule has 8 N–H and O–H groups in total. The third-order valence-corrected chi connectivity index (χ3v) is 22.0. The molecule has 130 heavy (non-hydrogen) atoms. The van der Waals surface area contributed by atoms with E-state index >= 15 is 0 Å². The molecule has 13 aromatic rings. The van der Waals surface area contributed by atoms with Gasteiger partial charge in [-0.1, -0.05) is 94.8 Å². The minimum absolute atomic E-state index is 0.0668. The molecular weight excluding hydrogens is 1790 g/mol. The van der Waals surface area contributed by atoms with Crippen LogP contribution in [0, 0.1) is 34.6 Å². The number of ketones is 3. The molecule has 2 heterocycles. The molecule has 0 aliphatic carbocycles. The normalized spacial score (nSPS) is 12.1. The number of methoxy groups -OCH3 is 6. The lowest BCUT2D eigenvalue weighted by atomic mass is 9.98. The first-order valence-corrected chi connectivity index (χ1v) is 43.0. The Labute approximate surface area is 772 Å². The molecular formula is C104H107Br2N3O21. The molecule has 0 amide bonds. The van der Waals surface area contributed by atoms with Gasteiger partial charge >= 0.3 is 5.97 Å². The molecule has 2 fully saturated rings. The van der Waals surface area contributed by atoms with Crippen molar-refractivity contribution < 1.29 is 102 Å². The lowest BCUT2D eigenvalue weighted by molar-refractivity contribution is -0.0456. The van der Waals surface area contributed by atoms with Crippen LogP contribution in [0.1, 0.15) is 132 Å². The highest BCUT2D eigenvalue weighted by atomic mass is 79.9. The second kappa shape index (κ2) is 50.6. The molecule has 0 saturated carbocycles. The summed E-state index contributed by atoms with van der Waals surface area (Å²) < 4.78 is 55.4. The van der Waals surface area contributed by atoms with Crippen LogP contribution in [0.25, 0.3) is 55.2 Å². The predicted octanol–water partition coefficient (Wildman–Crippen LogP) is 20.9. The van der Waals surface area contributed by atoms with Crippen LogP contribution in [0.2, 0.25) is 0 Å². The number of carboxylic acid groups (broad SMARTS) is 1. The Bertz CT molecular complexity index is 6140. The lowest BCUT2D eigenvalue weighted by Gasteiger charge is -2.17. The maximum absolute atomic E-state index is 12.9. The van der Waals surface area contributed by atoms with Crippen molar-refractivity contribution in [2.75, 3.05) is 124 Å². The second-order valence-corrected chi connectivity index (χ2v) is 31.4. The third kappa shape index (κ3) is 28.9. The Hall–Kier alpha value is -13.1. The third-order valence-electron chi connectivity index (χ3n) is 20.4. The number of benzene rings is 13. The van der Waals surface area contributed by atoms with Crippen LogP contribution in [-0.2, 0) is 18.9 Å². The van der Waals surface area contributed by atoms with E-state index in [4.69, 9.17) is 67.8 Å². The van der Waals surface area contributed by atoms with E-state index in [1.807, 2.05) is 204 Å². The number of Topliss-reactive ketones (excluding diaryl/α,β-unsaturated/α-hetero) is 1. The summed E-state index contributed by atoms with van der Waals surface area (Å²) in [6.45, 7) is 15.2. The van der Waals surface area contributed by atoms with Crippen LogP contribution in [0.3, 0.4) is 0 Å². The molecule has 2 aliphatic rings. The first kappa shape index (κ1) is 101. The maximum atomic E-state index is 12.9. The first-order chi connectivity index (χ1) is 62.7. The van der Waals surface area contributed by atoms with E-state index in [1.165, 1.54) is 19.3 Å². The Morgan fingerprint density at radius 1 is 0.392 bits per heavy atom. The summed E-state index contributed by atoms with van der Waals surface area (Å²) >= 11 is 6.71. The zero-order chi connectivity index (χ0) is 93.9. The van der Waals surface area contributed by atoms with E-state index in [-0.39, 0.29) is 49.0 Å². The van der Waals surface area contributed by atoms with Gasteiger partial charge in [-0.05, 0) is 297 Å². The molecule has 0 aromatic heterocycles. The molecule has 2 saturated heterocycles. The van der Waals surface area contributed by atoms with Gasteiger partial charge in [0.15, 0.2) is 42.5 Å². The number of carbonyl (C=O) groups excluding carboxylic acids is 5. The number of aromatic carboxylic acids is 1. The summed E-state index contributed by atoms with van der Waals surface area (Å²) in [4.78, 5) is 69.4. The monoisotopic (exact) mass is 1890 g/mol. The van der Waals surface area contributed by atoms with Gasteiger partial charge in [-0.2, -0.15) is 0 Å². The van der Waals surface area contributed by atoms with Gasteiger partial charge in [0.1, 0.15) is 40.2 Å². The van der Waals surface area contributed by atoms with Gasteiger partial charge in [-0.3, -0.25) is 24.0 Å². The molecule has 0 atom stereocenters. The number of nitrogens with one attached hydrogen (secondary N) is 3. The number of aromatic hydroxyl groups is 1. The summed E-state index contributed by atoms with van der Waals surface area (Å²) in [5.41, 5.74) is 14.2. The fourth-order valence-corrected chi connectivity index (χ4v) is 14.5. The van der Waals surface area contributed by atoms with E-state index in [1.54, 1.807) is 97.1 Å². The summed E-state index contributed by atoms with van der Waals surface area (Å²) in [6, 6.07) is 65.4. The standard InChI is InChI=1S/C26H27NO5.C24H23NO4.C14H15NO2.C12H16O4.C10H7BrO.C9H9BrO2.C9H10O3/c1-17-13-22(30-2)16-24(26-31-11-12-32-26)23(17)7-8-25(29)20-4-3-19-15-21(27-9-10-28)6-5-18(19)14-20;1-16-11-22(29-2)14-20(15-27)23(16)7-8-24(28)19-4-3-18-13-21(25-9-10-26)6-5-17(18)12-19;1-10(17)11-2-3-13-9-14(15-6-7-16)5-4-12(13)8-11;1-8-6-9(13-2)7-10(11(8)14-3)12-15-4-5-16-12;11-9-3-1-8-6-10(12)4-2-7(8)5-9;1-6-3-8(12-2)4-7(5-11)9(6)10;1-6-3-7(9(10)11)5-8(4-6)12-2/h3-8,13-16,26-28H,9-12H2,1-2H3;3-8,11-15,25-26H,9-10H2,1-2H3;2-5,8-9,15-16H,6-7H2,1H3;6-7,12H,4-5H2,1-3H3;1-6,12H;3-5H,1-2H3;3-5H,1-2H3,(H,10,11)/b2*8-7+;;;;;. The number of anilines is 3. The number of aliphatic hydroxyl groups excluding tert-OH is 3. The number of hydrogen-bond donors (Lipinski definition) is 8. The summed E-state index contributed by atoms with van der Waals surface area (Å²) in [5.74, 6) is 3.43. The van der Waals surface area contributed by atoms with E-state index in [9.17, 15) is 33.9 Å². The van der Waals surface area contributed by atoms with Crippen molar-refractivity contribution in [1.82, 2.24) is 0 Å². The molecule has 2 aliphatic heterocycles. The van der Waals surface area contributed by atoms with Gasteiger partial charge in [0.2, 0.25) is 0 Å². The number of phenols is 1. The quantitative estimate of drug-likeness (QED) is 0.0135. The largest absolute Gasteiger partial charge is 0.508 e. The Morgan fingerprint density at radius 3 is 1.23 bits per heavy atom. The minimum atomic E-state index is -0.933. The van der Waals surface area contributed by atoms with Crippen LogP contribution in [0.5, 0.6) is 40.2 Å². The van der Waals surface area contributed by atoms with Crippen molar-refractivity contribution in [3.63, 3.8) is 0 Å². The number of aryl methyl sites for hydroxylation is 5. The van der Waals surface area contributed by atoms with E-state index in [0.717, 1.165) is 149 Å². The highest BCUT2D eigenvalue weighted by molar-refractivity contribution is 9.10. The highest BCUT2D eigenvalue weighted by Gasteiger charge is 2.26. The average Bonchev–Trinajstić information content (AvgIpc) is 1.34. The van der Waals surface area contributed by atoms with Gasteiger partial charge in [-0.15, -0.1) is 0 Å². The molecule has 0 unspecified atom stereocenters. The lowest BCUT2D eigenvalue weighted by Crippen LogP contribution is -2.05. The number of aliphatic hydroxyl groups is 3. The molecule has 0 spiro atoms. The first-order valence-electron chi connectivity index (χ1n) is 41.4. The number of hydrogen-bond acceptors (Lipinski definition) is 23. The van der Waals surface area contributed by atoms with Crippen molar-refractivity contribution in [1.29, 1.82) is 0 Å². The number of carboxylic acids is 1. The molecule has 15 rings (SSSR count). The Kier molecular flexibility index (Phi) is 39.2. The van der Waals surface area contributed by atoms with E-state index in [0.29, 0.717) is 96.9 Å². The van der Waals surface area contributed by atoms with Gasteiger partial charge < -0.3 is 88.9 Å². The topological polar surface area (TPSA) is 332 Å². The SMILES string of the molecule is CC(=O)c1ccc2cc(NCCO)ccc2c1.COc1cc(C)c(/C=C/C(=O)c2ccc3cc(NCCO)ccc3c2)c(C2OCCO2)c1.COc1cc(C)c(/C=C/C(=O)c2ccc3cc(NCCO)ccc3c2)c(C=O)c1.COc1cc(C)c(Br)c(C=O)c1.COc1cc(C)c(OC)c(C2OCCO2)c1.COc1cc(C)cc(C(=O)O)c1.Oc1ccc2cc(Br)ccc2c1. The van der Waals surface area contributed by atoms with Gasteiger partial charge in [-0.25, -0.2) is 4.79 Å². The van der Waals surface area contributed by atoms with Crippen molar-refractivity contribution in [2.45, 2.75) is 54.1 Å². The summed E-state index contributed by atoms with van der Waals surface area (Å²) in [6.07, 6.45) is 7.33. The number of phenolic OH excluding ortho intramolecular Hbond substituents is 1. The molecule has 24 nitrogen and oxygen atoms in total. The zero-order valence-electron chi connectivity index (χ0n) is 74.4. The number of fused-ring (bicyclic) bond motifs is 4. The average molecular weight is 1890 g/mol.